The van der Waals surface area contributed by atoms with Crippen molar-refractivity contribution in [1.29, 1.82) is 0 Å². The van der Waals surface area contributed by atoms with Crippen LogP contribution in [0.2, 0.25) is 0 Å². The predicted molar refractivity (Wildman–Crippen MR) is 33.0 cm³/mol. The van der Waals surface area contributed by atoms with Crippen LogP contribution in [0.1, 0.15) is 13.3 Å². The molecule has 2 nitrogen and oxygen atoms in total. The van der Waals surface area contributed by atoms with Gasteiger partial charge in [-0.3, -0.25) is 5.32 Å². The molecule has 1 atom stereocenters. The zero-order chi connectivity index (χ0) is 8.54. The zero-order valence-electron chi connectivity index (χ0n) is 6.16. The fourth-order valence-corrected chi connectivity index (χ4v) is 0.908. The molecule has 1 aliphatic heterocycles. The van der Waals surface area contributed by atoms with Crippen LogP contribution < -0.4 is 5.32 Å². The molecule has 5 heteroatoms. The van der Waals surface area contributed by atoms with Gasteiger partial charge in [-0.25, -0.2) is 0 Å². The predicted octanol–water partition coefficient (Wildman–Crippen LogP) is 1.27. The summed E-state index contributed by atoms with van der Waals surface area (Å²) in [5.74, 6) is 0. The quantitative estimate of drug-likeness (QED) is 0.589. The van der Waals surface area contributed by atoms with Gasteiger partial charge in [0.1, 0.15) is 0 Å². The van der Waals surface area contributed by atoms with E-state index in [2.05, 4.69) is 10.1 Å². The van der Waals surface area contributed by atoms with Crippen molar-refractivity contribution in [3.05, 3.63) is 0 Å². The molecule has 0 amide bonds. The van der Waals surface area contributed by atoms with Gasteiger partial charge >= 0.3 is 6.18 Å². The van der Waals surface area contributed by atoms with Gasteiger partial charge in [0.25, 0.3) is 0 Å². The summed E-state index contributed by atoms with van der Waals surface area (Å²) >= 11 is 0. The van der Waals surface area contributed by atoms with Crippen LogP contribution in [0.25, 0.3) is 0 Å². The lowest BCUT2D eigenvalue weighted by Crippen LogP contribution is -2.59. The molecule has 1 unspecified atom stereocenters. The lowest BCUT2D eigenvalue weighted by atomic mass is 10.2. The maximum atomic E-state index is 12.1. The largest absolute Gasteiger partial charge is 0.430 e. The van der Waals surface area contributed by atoms with E-state index in [4.69, 9.17) is 0 Å². The van der Waals surface area contributed by atoms with Crippen molar-refractivity contribution in [2.45, 2.75) is 25.2 Å². The SMILES string of the molecule is CC1(C(F)(F)F)NCCCO1. The molecule has 1 fully saturated rings. The van der Waals surface area contributed by atoms with Crippen molar-refractivity contribution in [2.75, 3.05) is 13.2 Å². The minimum absolute atomic E-state index is 0.170. The fourth-order valence-electron chi connectivity index (χ4n) is 0.908. The van der Waals surface area contributed by atoms with E-state index in [-0.39, 0.29) is 6.61 Å². The minimum Gasteiger partial charge on any atom is -0.352 e. The summed E-state index contributed by atoms with van der Waals surface area (Å²) in [6, 6.07) is 0. The second-order valence-electron chi connectivity index (χ2n) is 2.66. The third-order valence-corrected chi connectivity index (χ3v) is 1.72. The second kappa shape index (κ2) is 2.64. The van der Waals surface area contributed by atoms with Gasteiger partial charge in [-0.2, -0.15) is 13.2 Å². The van der Waals surface area contributed by atoms with Gasteiger partial charge in [0, 0.05) is 6.54 Å². The van der Waals surface area contributed by atoms with Crippen molar-refractivity contribution in [3.8, 4) is 0 Å². The molecule has 0 aliphatic carbocycles. The standard InChI is InChI=1S/C6H10F3NO/c1-5(6(7,8)9)10-3-2-4-11-5/h10H,2-4H2,1H3. The van der Waals surface area contributed by atoms with Crippen LogP contribution in [0, 0.1) is 0 Å². The van der Waals surface area contributed by atoms with E-state index in [1.807, 2.05) is 0 Å². The molecule has 1 rings (SSSR count). The Morgan fingerprint density at radius 3 is 2.36 bits per heavy atom. The Morgan fingerprint density at radius 1 is 1.45 bits per heavy atom. The Hall–Kier alpha value is -0.290. The van der Waals surface area contributed by atoms with Crippen molar-refractivity contribution < 1.29 is 17.9 Å². The van der Waals surface area contributed by atoms with Crippen molar-refractivity contribution >= 4 is 0 Å². The molecule has 0 aromatic carbocycles. The summed E-state index contributed by atoms with van der Waals surface area (Å²) in [6.07, 6.45) is -3.70. The molecule has 0 bridgehead atoms. The number of rotatable bonds is 0. The topological polar surface area (TPSA) is 21.3 Å². The molecule has 0 spiro atoms. The Kier molecular flexibility index (Phi) is 2.11. The van der Waals surface area contributed by atoms with Gasteiger partial charge < -0.3 is 4.74 Å². The molecule has 0 aromatic heterocycles. The molecular weight excluding hydrogens is 159 g/mol. The van der Waals surface area contributed by atoms with E-state index in [0.717, 1.165) is 6.92 Å². The first-order valence-electron chi connectivity index (χ1n) is 3.41. The molecule has 1 aliphatic rings. The number of alkyl halides is 3. The zero-order valence-corrected chi connectivity index (χ0v) is 6.16. The van der Waals surface area contributed by atoms with Gasteiger partial charge in [-0.1, -0.05) is 0 Å². The van der Waals surface area contributed by atoms with Crippen LogP contribution in [0.15, 0.2) is 0 Å². The first-order chi connectivity index (χ1) is 4.96. The van der Waals surface area contributed by atoms with E-state index >= 15 is 0 Å². The number of hydrogen-bond donors (Lipinski definition) is 1. The molecule has 66 valence electrons. The lowest BCUT2D eigenvalue weighted by molar-refractivity contribution is -0.291. The van der Waals surface area contributed by atoms with E-state index in [9.17, 15) is 13.2 Å². The van der Waals surface area contributed by atoms with Crippen LogP contribution in [0.3, 0.4) is 0 Å². The average molecular weight is 169 g/mol. The summed E-state index contributed by atoms with van der Waals surface area (Å²) in [4.78, 5) is 0. The number of nitrogens with one attached hydrogen (secondary N) is 1. The molecule has 11 heavy (non-hydrogen) atoms. The molecular formula is C6H10F3NO. The van der Waals surface area contributed by atoms with Gasteiger partial charge in [-0.05, 0) is 13.3 Å². The van der Waals surface area contributed by atoms with E-state index < -0.39 is 11.9 Å². The third kappa shape index (κ3) is 1.65. The highest BCUT2D eigenvalue weighted by Crippen LogP contribution is 2.32. The smallest absolute Gasteiger partial charge is 0.352 e. The highest BCUT2D eigenvalue weighted by Gasteiger charge is 2.53. The highest BCUT2D eigenvalue weighted by molar-refractivity contribution is 4.83. The Bertz CT molecular complexity index is 139. The van der Waals surface area contributed by atoms with E-state index in [1.165, 1.54) is 0 Å². The molecule has 0 aromatic rings. The summed E-state index contributed by atoms with van der Waals surface area (Å²) in [7, 11) is 0. The van der Waals surface area contributed by atoms with E-state index in [0.29, 0.717) is 13.0 Å². The molecule has 0 saturated carbocycles. The van der Waals surface area contributed by atoms with Crippen LogP contribution >= 0.6 is 0 Å². The molecule has 0 radical (unpaired) electrons. The highest BCUT2D eigenvalue weighted by atomic mass is 19.4. The molecule has 1 heterocycles. The van der Waals surface area contributed by atoms with E-state index in [1.54, 1.807) is 0 Å². The second-order valence-corrected chi connectivity index (χ2v) is 2.66. The first kappa shape index (κ1) is 8.80. The van der Waals surface area contributed by atoms with Gasteiger partial charge in [0.05, 0.1) is 6.61 Å². The molecule has 1 N–H and O–H groups in total. The number of ether oxygens (including phenoxy) is 1. The Morgan fingerprint density at radius 2 is 2.09 bits per heavy atom. The lowest BCUT2D eigenvalue weighted by Gasteiger charge is -2.36. The summed E-state index contributed by atoms with van der Waals surface area (Å²) < 4.78 is 41.0. The maximum absolute atomic E-state index is 12.1. The van der Waals surface area contributed by atoms with Crippen LogP contribution in [-0.4, -0.2) is 25.1 Å². The average Bonchev–Trinajstić information content (AvgIpc) is 1.87. The fraction of sp³-hybridized carbons (Fsp3) is 1.00. The monoisotopic (exact) mass is 169 g/mol. The van der Waals surface area contributed by atoms with Crippen molar-refractivity contribution in [1.82, 2.24) is 5.32 Å². The summed E-state index contributed by atoms with van der Waals surface area (Å²) in [6.45, 7) is 1.53. The summed E-state index contributed by atoms with van der Waals surface area (Å²) in [5.41, 5.74) is -2.13. The Balaban J connectivity index is 2.64. The first-order valence-corrected chi connectivity index (χ1v) is 3.41. The van der Waals surface area contributed by atoms with Crippen molar-refractivity contribution in [2.24, 2.45) is 0 Å². The van der Waals surface area contributed by atoms with Gasteiger partial charge in [0.15, 0.2) is 0 Å². The normalized spacial score (nSPS) is 33.8. The summed E-state index contributed by atoms with van der Waals surface area (Å²) in [5, 5.41) is 2.29. The number of hydrogen-bond acceptors (Lipinski definition) is 2. The maximum Gasteiger partial charge on any atom is 0.430 e. The number of halogens is 3. The third-order valence-electron chi connectivity index (χ3n) is 1.72. The van der Waals surface area contributed by atoms with Crippen LogP contribution in [0.5, 0.6) is 0 Å². The van der Waals surface area contributed by atoms with Crippen LogP contribution in [0.4, 0.5) is 13.2 Å². The Labute approximate surface area is 62.7 Å². The van der Waals surface area contributed by atoms with Gasteiger partial charge in [0.2, 0.25) is 5.72 Å². The molecule has 1 saturated heterocycles. The van der Waals surface area contributed by atoms with Crippen molar-refractivity contribution in [3.63, 3.8) is 0 Å². The minimum atomic E-state index is -4.33. The van der Waals surface area contributed by atoms with Gasteiger partial charge in [-0.15, -0.1) is 0 Å². The van der Waals surface area contributed by atoms with Crippen LogP contribution in [-0.2, 0) is 4.74 Å².